The van der Waals surface area contributed by atoms with Crippen molar-refractivity contribution in [3.8, 4) is 0 Å². The van der Waals surface area contributed by atoms with E-state index in [1.54, 1.807) is 5.32 Å². The standard InChI is InChI=1S/C10H13F4NO3/c11-8(12)10(13,14)9(18)15-4-5-2-1-3-6(5)7(16)17/h5-6,8H,1-4H2,(H,15,18)(H,16,17). The monoisotopic (exact) mass is 271 g/mol. The second kappa shape index (κ2) is 5.53. The van der Waals surface area contributed by atoms with Gasteiger partial charge in [0.2, 0.25) is 0 Å². The molecule has 1 rings (SSSR count). The summed E-state index contributed by atoms with van der Waals surface area (Å²) in [6.07, 6.45) is -2.59. The molecule has 1 saturated carbocycles. The van der Waals surface area contributed by atoms with E-state index in [0.717, 1.165) is 0 Å². The van der Waals surface area contributed by atoms with Crippen molar-refractivity contribution >= 4 is 11.9 Å². The maximum atomic E-state index is 12.6. The van der Waals surface area contributed by atoms with Gasteiger partial charge in [0.25, 0.3) is 5.91 Å². The highest BCUT2D eigenvalue weighted by molar-refractivity contribution is 5.83. The van der Waals surface area contributed by atoms with E-state index in [4.69, 9.17) is 5.11 Å². The normalized spacial score (nSPS) is 24.3. The van der Waals surface area contributed by atoms with Crippen molar-refractivity contribution < 1.29 is 32.3 Å². The second-order valence-corrected chi connectivity index (χ2v) is 4.27. The van der Waals surface area contributed by atoms with E-state index < -0.39 is 36.1 Å². The summed E-state index contributed by atoms with van der Waals surface area (Å²) in [4.78, 5) is 21.6. The summed E-state index contributed by atoms with van der Waals surface area (Å²) in [5.74, 6) is -9.07. The Bertz CT molecular complexity index is 335. The van der Waals surface area contributed by atoms with Crippen LogP contribution >= 0.6 is 0 Å². The molecule has 2 atom stereocenters. The predicted octanol–water partition coefficient (Wildman–Crippen LogP) is 1.50. The summed E-state index contributed by atoms with van der Waals surface area (Å²) in [5.41, 5.74) is 0. The van der Waals surface area contributed by atoms with E-state index in [0.29, 0.717) is 19.3 Å². The average Bonchev–Trinajstić information content (AvgIpc) is 2.73. The number of hydrogen-bond acceptors (Lipinski definition) is 2. The lowest BCUT2D eigenvalue weighted by molar-refractivity contribution is -0.169. The van der Waals surface area contributed by atoms with Crippen LogP contribution in [0.2, 0.25) is 0 Å². The number of carbonyl (C=O) groups is 2. The van der Waals surface area contributed by atoms with Gasteiger partial charge in [0.15, 0.2) is 0 Å². The predicted molar refractivity (Wildman–Crippen MR) is 52.4 cm³/mol. The molecule has 1 fully saturated rings. The van der Waals surface area contributed by atoms with Crippen LogP contribution < -0.4 is 5.32 Å². The Morgan fingerprint density at radius 2 is 1.94 bits per heavy atom. The van der Waals surface area contributed by atoms with Gasteiger partial charge >= 0.3 is 18.3 Å². The molecule has 0 aromatic heterocycles. The minimum atomic E-state index is -4.74. The fourth-order valence-corrected chi connectivity index (χ4v) is 2.05. The Hall–Kier alpha value is -1.34. The number of halogens is 4. The Labute approximate surface area is 100 Å². The van der Waals surface area contributed by atoms with E-state index in [2.05, 4.69) is 0 Å². The first-order valence-electron chi connectivity index (χ1n) is 5.44. The minimum absolute atomic E-state index is 0.321. The van der Waals surface area contributed by atoms with Crippen LogP contribution in [-0.4, -0.2) is 35.9 Å². The Morgan fingerprint density at radius 1 is 1.33 bits per heavy atom. The molecule has 18 heavy (non-hydrogen) atoms. The van der Waals surface area contributed by atoms with Crippen LogP contribution in [0.3, 0.4) is 0 Å². The number of amides is 1. The van der Waals surface area contributed by atoms with Gasteiger partial charge in [-0.15, -0.1) is 0 Å². The smallest absolute Gasteiger partial charge is 0.383 e. The number of alkyl halides is 4. The van der Waals surface area contributed by atoms with Crippen molar-refractivity contribution in [1.29, 1.82) is 0 Å². The molecule has 0 aromatic carbocycles. The zero-order valence-electron chi connectivity index (χ0n) is 9.34. The third-order valence-electron chi connectivity index (χ3n) is 3.08. The molecule has 0 aliphatic heterocycles. The molecule has 8 heteroatoms. The van der Waals surface area contributed by atoms with E-state index >= 15 is 0 Å². The molecule has 0 radical (unpaired) electrons. The van der Waals surface area contributed by atoms with Gasteiger partial charge in [0, 0.05) is 6.54 Å². The first-order valence-corrected chi connectivity index (χ1v) is 5.44. The molecule has 0 heterocycles. The van der Waals surface area contributed by atoms with E-state index in [-0.39, 0.29) is 6.54 Å². The zero-order valence-corrected chi connectivity index (χ0v) is 9.34. The van der Waals surface area contributed by atoms with Crippen molar-refractivity contribution in [3.63, 3.8) is 0 Å². The maximum Gasteiger partial charge on any atom is 0.383 e. The van der Waals surface area contributed by atoms with Crippen LogP contribution in [0.4, 0.5) is 17.6 Å². The molecule has 0 aromatic rings. The summed E-state index contributed by atoms with van der Waals surface area (Å²) in [6.45, 7) is -0.321. The first-order chi connectivity index (χ1) is 8.26. The van der Waals surface area contributed by atoms with E-state index in [9.17, 15) is 27.2 Å². The number of carbonyl (C=O) groups excluding carboxylic acids is 1. The SMILES string of the molecule is O=C(O)C1CCCC1CNC(=O)C(F)(F)C(F)F. The van der Waals surface area contributed by atoms with Crippen molar-refractivity contribution in [2.24, 2.45) is 11.8 Å². The molecule has 0 saturated heterocycles. The highest BCUT2D eigenvalue weighted by atomic mass is 19.3. The van der Waals surface area contributed by atoms with Gasteiger partial charge in [-0.25, -0.2) is 8.78 Å². The fraction of sp³-hybridized carbons (Fsp3) is 0.800. The lowest BCUT2D eigenvalue weighted by Gasteiger charge is -2.19. The van der Waals surface area contributed by atoms with Crippen molar-refractivity contribution in [1.82, 2.24) is 5.32 Å². The molecule has 4 nitrogen and oxygen atoms in total. The summed E-state index contributed by atoms with van der Waals surface area (Å²) >= 11 is 0. The first kappa shape index (κ1) is 14.7. The largest absolute Gasteiger partial charge is 0.481 e. The molecule has 2 unspecified atom stereocenters. The highest BCUT2D eigenvalue weighted by Gasteiger charge is 2.49. The van der Waals surface area contributed by atoms with Gasteiger partial charge in [-0.3, -0.25) is 9.59 Å². The van der Waals surface area contributed by atoms with Gasteiger partial charge in [0.05, 0.1) is 5.92 Å². The quantitative estimate of drug-likeness (QED) is 0.745. The Kier molecular flexibility index (Phi) is 4.53. The summed E-state index contributed by atoms with van der Waals surface area (Å²) in [7, 11) is 0. The van der Waals surface area contributed by atoms with Crippen LogP contribution in [0, 0.1) is 11.8 Å². The summed E-state index contributed by atoms with van der Waals surface area (Å²) in [5, 5.41) is 10.5. The Morgan fingerprint density at radius 3 is 2.44 bits per heavy atom. The molecular weight excluding hydrogens is 258 g/mol. The molecule has 1 amide bonds. The Balaban J connectivity index is 2.50. The average molecular weight is 271 g/mol. The molecule has 0 bridgehead atoms. The number of carboxylic acid groups (broad SMARTS) is 1. The molecule has 104 valence electrons. The molecule has 0 spiro atoms. The van der Waals surface area contributed by atoms with Gasteiger partial charge in [-0.05, 0) is 18.8 Å². The number of aliphatic carboxylic acids is 1. The number of rotatable bonds is 5. The third-order valence-corrected chi connectivity index (χ3v) is 3.08. The molecule has 1 aliphatic carbocycles. The van der Waals surface area contributed by atoms with Crippen LogP contribution in [0.5, 0.6) is 0 Å². The van der Waals surface area contributed by atoms with Crippen LogP contribution in [0.1, 0.15) is 19.3 Å². The van der Waals surface area contributed by atoms with Gasteiger partial charge in [-0.1, -0.05) is 6.42 Å². The molecule has 1 aliphatic rings. The summed E-state index contributed by atoms with van der Waals surface area (Å²) < 4.78 is 48.9. The maximum absolute atomic E-state index is 12.6. The summed E-state index contributed by atoms with van der Waals surface area (Å²) in [6, 6.07) is 0. The van der Waals surface area contributed by atoms with Crippen LogP contribution in [0.15, 0.2) is 0 Å². The van der Waals surface area contributed by atoms with Crippen molar-refractivity contribution in [3.05, 3.63) is 0 Å². The number of carboxylic acids is 1. The van der Waals surface area contributed by atoms with Crippen molar-refractivity contribution in [2.75, 3.05) is 6.54 Å². The van der Waals surface area contributed by atoms with Gasteiger partial charge < -0.3 is 10.4 Å². The van der Waals surface area contributed by atoms with E-state index in [1.807, 2.05) is 0 Å². The topological polar surface area (TPSA) is 66.4 Å². The molecular formula is C10H13F4NO3. The van der Waals surface area contributed by atoms with Crippen LogP contribution in [-0.2, 0) is 9.59 Å². The lowest BCUT2D eigenvalue weighted by atomic mass is 9.96. The number of nitrogens with one attached hydrogen (secondary N) is 1. The van der Waals surface area contributed by atoms with Crippen LogP contribution in [0.25, 0.3) is 0 Å². The highest BCUT2D eigenvalue weighted by Crippen LogP contribution is 2.31. The fourth-order valence-electron chi connectivity index (χ4n) is 2.05. The minimum Gasteiger partial charge on any atom is -0.481 e. The van der Waals surface area contributed by atoms with Crippen molar-refractivity contribution in [2.45, 2.75) is 31.6 Å². The zero-order chi connectivity index (χ0) is 13.9. The molecule has 2 N–H and O–H groups in total. The lowest BCUT2D eigenvalue weighted by Crippen LogP contribution is -2.47. The van der Waals surface area contributed by atoms with Gasteiger partial charge in [0.1, 0.15) is 0 Å². The number of hydrogen-bond donors (Lipinski definition) is 2. The second-order valence-electron chi connectivity index (χ2n) is 4.27. The van der Waals surface area contributed by atoms with E-state index in [1.165, 1.54) is 0 Å². The van der Waals surface area contributed by atoms with Gasteiger partial charge in [-0.2, -0.15) is 8.78 Å². The third kappa shape index (κ3) is 3.11.